The van der Waals surface area contributed by atoms with E-state index in [1.165, 1.54) is 77.5 Å². The van der Waals surface area contributed by atoms with Gasteiger partial charge in [-0.2, -0.15) is 0 Å². The molecule has 1 saturated carbocycles. The van der Waals surface area contributed by atoms with Gasteiger partial charge in [0.25, 0.3) is 0 Å². The Morgan fingerprint density at radius 3 is 2.63 bits per heavy atom. The molecule has 0 spiro atoms. The highest BCUT2D eigenvalue weighted by molar-refractivity contribution is 5.91. The van der Waals surface area contributed by atoms with Gasteiger partial charge in [0.15, 0.2) is 0 Å². The molecule has 2 aromatic rings. The molecule has 0 N–H and O–H groups in total. The van der Waals surface area contributed by atoms with E-state index in [-0.39, 0.29) is 0 Å². The molecule has 0 heteroatoms. The van der Waals surface area contributed by atoms with Crippen molar-refractivity contribution >= 4 is 11.1 Å². The third-order valence-corrected chi connectivity index (χ3v) is 7.65. The van der Waals surface area contributed by atoms with Gasteiger partial charge in [0.2, 0.25) is 0 Å². The highest BCUT2D eigenvalue weighted by Gasteiger charge is 2.26. The van der Waals surface area contributed by atoms with Gasteiger partial charge < -0.3 is 0 Å². The maximum atomic E-state index is 4.54. The minimum atomic E-state index is 0.879. The van der Waals surface area contributed by atoms with Crippen molar-refractivity contribution in [3.63, 3.8) is 0 Å². The molecule has 0 unspecified atom stereocenters. The van der Waals surface area contributed by atoms with E-state index in [0.29, 0.717) is 0 Å². The standard InChI is InChI=1S/C30H34/c1-4-23-13-15-27-21(3)26(18-25-12-11-24-16-20(2)10-14-28(24)25)19-30(27)29(23)17-22-8-6-5-7-9-22/h10,12-16,18,22H,3-9,11,17,19H2,1-2H3/b26-18+. The average molecular weight is 395 g/mol. The Labute approximate surface area is 182 Å². The quantitative estimate of drug-likeness (QED) is 0.496. The molecule has 0 bridgehead atoms. The number of aryl methyl sites for hydroxylation is 2. The van der Waals surface area contributed by atoms with Crippen molar-refractivity contribution < 1.29 is 0 Å². The van der Waals surface area contributed by atoms with Gasteiger partial charge in [-0.15, -0.1) is 0 Å². The van der Waals surface area contributed by atoms with Crippen LogP contribution in [0.5, 0.6) is 0 Å². The highest BCUT2D eigenvalue weighted by Crippen LogP contribution is 2.42. The van der Waals surface area contributed by atoms with E-state index < -0.39 is 0 Å². The summed E-state index contributed by atoms with van der Waals surface area (Å²) < 4.78 is 0. The maximum absolute atomic E-state index is 4.54. The van der Waals surface area contributed by atoms with E-state index in [1.807, 2.05) is 0 Å². The number of hydrogen-bond acceptors (Lipinski definition) is 0. The fourth-order valence-corrected chi connectivity index (χ4v) is 5.93. The van der Waals surface area contributed by atoms with E-state index in [1.54, 1.807) is 16.7 Å². The molecular weight excluding hydrogens is 360 g/mol. The summed E-state index contributed by atoms with van der Waals surface area (Å²) >= 11 is 0. The predicted molar refractivity (Wildman–Crippen MR) is 130 cm³/mol. The monoisotopic (exact) mass is 394 g/mol. The zero-order valence-corrected chi connectivity index (χ0v) is 18.7. The second kappa shape index (κ2) is 8.06. The molecular formula is C30H34. The average Bonchev–Trinajstić information content (AvgIpc) is 3.30. The third kappa shape index (κ3) is 3.51. The molecule has 5 rings (SSSR count). The first-order valence-corrected chi connectivity index (χ1v) is 12.0. The van der Waals surface area contributed by atoms with Crippen LogP contribution in [0.3, 0.4) is 0 Å². The lowest BCUT2D eigenvalue weighted by Crippen LogP contribution is -2.12. The van der Waals surface area contributed by atoms with E-state index in [4.69, 9.17) is 0 Å². The van der Waals surface area contributed by atoms with E-state index in [2.05, 4.69) is 62.9 Å². The van der Waals surface area contributed by atoms with Crippen molar-refractivity contribution in [3.8, 4) is 0 Å². The molecule has 0 saturated heterocycles. The topological polar surface area (TPSA) is 0 Å². The van der Waals surface area contributed by atoms with Crippen LogP contribution in [0.4, 0.5) is 0 Å². The molecule has 3 aliphatic carbocycles. The van der Waals surface area contributed by atoms with Gasteiger partial charge in [-0.05, 0) is 88.6 Å². The third-order valence-electron chi connectivity index (χ3n) is 7.65. The summed E-state index contributed by atoms with van der Waals surface area (Å²) in [6.45, 7) is 9.04. The minimum absolute atomic E-state index is 0.879. The summed E-state index contributed by atoms with van der Waals surface area (Å²) in [6, 6.07) is 11.6. The summed E-state index contributed by atoms with van der Waals surface area (Å²) in [5.41, 5.74) is 14.5. The molecule has 3 aliphatic rings. The van der Waals surface area contributed by atoms with Gasteiger partial charge in [0, 0.05) is 0 Å². The fourth-order valence-electron chi connectivity index (χ4n) is 5.93. The van der Waals surface area contributed by atoms with Crippen LogP contribution in [0, 0.1) is 12.8 Å². The zero-order valence-electron chi connectivity index (χ0n) is 18.7. The lowest BCUT2D eigenvalue weighted by molar-refractivity contribution is 0.355. The van der Waals surface area contributed by atoms with Crippen LogP contribution < -0.4 is 0 Å². The Bertz CT molecular complexity index is 1050. The van der Waals surface area contributed by atoms with E-state index >= 15 is 0 Å². The minimum Gasteiger partial charge on any atom is -0.0909 e. The maximum Gasteiger partial charge on any atom is -0.00106 e. The lowest BCUT2D eigenvalue weighted by atomic mass is 9.81. The van der Waals surface area contributed by atoms with Gasteiger partial charge >= 0.3 is 0 Å². The molecule has 154 valence electrons. The van der Waals surface area contributed by atoms with E-state index in [9.17, 15) is 0 Å². The molecule has 0 atom stereocenters. The molecule has 0 nitrogen and oxygen atoms in total. The molecule has 0 radical (unpaired) electrons. The van der Waals surface area contributed by atoms with Crippen LogP contribution in [0.1, 0.15) is 78.0 Å². The van der Waals surface area contributed by atoms with Crippen molar-refractivity contribution in [2.75, 3.05) is 0 Å². The first-order valence-electron chi connectivity index (χ1n) is 12.0. The van der Waals surface area contributed by atoms with Crippen molar-refractivity contribution in [3.05, 3.63) is 93.6 Å². The first kappa shape index (κ1) is 19.6. The Balaban J connectivity index is 1.47. The molecule has 0 aliphatic heterocycles. The van der Waals surface area contributed by atoms with Crippen LogP contribution >= 0.6 is 0 Å². The summed E-state index contributed by atoms with van der Waals surface area (Å²) in [5, 5.41) is 0. The second-order valence-electron chi connectivity index (χ2n) is 9.64. The number of benzene rings is 2. The Hall–Kier alpha value is -2.34. The van der Waals surface area contributed by atoms with Gasteiger partial charge in [-0.1, -0.05) is 93.7 Å². The summed E-state index contributed by atoms with van der Waals surface area (Å²) in [7, 11) is 0. The number of hydrogen-bond donors (Lipinski definition) is 0. The van der Waals surface area contributed by atoms with Crippen molar-refractivity contribution in [1.82, 2.24) is 0 Å². The van der Waals surface area contributed by atoms with Crippen LogP contribution in [-0.2, 0) is 25.7 Å². The first-order chi connectivity index (χ1) is 14.6. The van der Waals surface area contributed by atoms with Crippen LogP contribution in [0.25, 0.3) is 11.1 Å². The number of allylic oxidation sites excluding steroid dienone is 5. The highest BCUT2D eigenvalue weighted by atomic mass is 14.3. The molecule has 30 heavy (non-hydrogen) atoms. The van der Waals surface area contributed by atoms with E-state index in [0.717, 1.165) is 25.2 Å². The van der Waals surface area contributed by atoms with Gasteiger partial charge in [0.05, 0.1) is 0 Å². The van der Waals surface area contributed by atoms with Crippen molar-refractivity contribution in [2.24, 2.45) is 5.92 Å². The molecule has 0 amide bonds. The van der Waals surface area contributed by atoms with Crippen molar-refractivity contribution in [1.29, 1.82) is 0 Å². The SMILES string of the molecule is C=C1/C(=C/C2=CCc3cc(C)ccc32)Cc2c1ccc(CC)c2CC1CCCCC1. The smallest absolute Gasteiger partial charge is 0.00106 e. The normalized spacial score (nSPS) is 19.9. The predicted octanol–water partition coefficient (Wildman–Crippen LogP) is 7.82. The second-order valence-corrected chi connectivity index (χ2v) is 9.64. The molecule has 1 fully saturated rings. The summed E-state index contributed by atoms with van der Waals surface area (Å²) in [4.78, 5) is 0. The van der Waals surface area contributed by atoms with Crippen LogP contribution in [0.15, 0.2) is 54.6 Å². The van der Waals surface area contributed by atoms with Gasteiger partial charge in [-0.3, -0.25) is 0 Å². The van der Waals surface area contributed by atoms with Gasteiger partial charge in [-0.25, -0.2) is 0 Å². The molecule has 0 aromatic heterocycles. The largest absolute Gasteiger partial charge is 0.0909 e. The zero-order chi connectivity index (χ0) is 20.7. The molecule has 2 aromatic carbocycles. The van der Waals surface area contributed by atoms with Crippen molar-refractivity contribution in [2.45, 2.75) is 71.6 Å². The molecule has 0 heterocycles. The number of rotatable bonds is 4. The van der Waals surface area contributed by atoms with Crippen LogP contribution in [-0.4, -0.2) is 0 Å². The lowest BCUT2D eigenvalue weighted by Gasteiger charge is -2.24. The Morgan fingerprint density at radius 1 is 1.03 bits per heavy atom. The van der Waals surface area contributed by atoms with Crippen LogP contribution in [0.2, 0.25) is 0 Å². The van der Waals surface area contributed by atoms with Gasteiger partial charge in [0.1, 0.15) is 0 Å². The summed E-state index contributed by atoms with van der Waals surface area (Å²) in [5.74, 6) is 0.879. The summed E-state index contributed by atoms with van der Waals surface area (Å²) in [6.07, 6.45) is 16.5. The Kier molecular flexibility index (Phi) is 5.27. The Morgan fingerprint density at radius 2 is 1.83 bits per heavy atom. The fraction of sp³-hybridized carbons (Fsp3) is 0.400. The number of fused-ring (bicyclic) bond motifs is 2.